The van der Waals surface area contributed by atoms with E-state index < -0.39 is 5.97 Å². The quantitative estimate of drug-likeness (QED) is 0.397. The monoisotopic (exact) mass is 465 g/mol. The van der Waals surface area contributed by atoms with Crippen LogP contribution in [-0.2, 0) is 17.6 Å². The van der Waals surface area contributed by atoms with Crippen molar-refractivity contribution in [2.24, 2.45) is 11.3 Å². The largest absolute Gasteiger partial charge is 0.481 e. The Kier molecular flexibility index (Phi) is 7.36. The Morgan fingerprint density at radius 3 is 2.79 bits per heavy atom. The predicted octanol–water partition coefficient (Wildman–Crippen LogP) is 5.80. The summed E-state index contributed by atoms with van der Waals surface area (Å²) < 4.78 is 13.9. The first-order valence-electron chi connectivity index (χ1n) is 12.4. The van der Waals surface area contributed by atoms with Gasteiger partial charge < -0.3 is 15.0 Å². The van der Waals surface area contributed by atoms with Crippen molar-refractivity contribution < 1.29 is 14.3 Å². The average molecular weight is 466 g/mol. The van der Waals surface area contributed by atoms with Gasteiger partial charge in [0.2, 0.25) is 0 Å². The van der Waals surface area contributed by atoms with Crippen LogP contribution in [0.2, 0.25) is 0 Å². The van der Waals surface area contributed by atoms with Gasteiger partial charge in [-0.2, -0.15) is 0 Å². The highest BCUT2D eigenvalue weighted by atomic mass is 19.1. The molecule has 3 aromatic rings. The third-order valence-corrected chi connectivity index (χ3v) is 7.55. The fourth-order valence-corrected chi connectivity index (χ4v) is 6.06. The maximum Gasteiger partial charge on any atom is 0.303 e. The van der Waals surface area contributed by atoms with Crippen LogP contribution in [0, 0.1) is 17.2 Å². The minimum atomic E-state index is -0.747. The number of nitrogens with zero attached hydrogens (tertiary/aromatic N) is 2. The molecule has 2 N–H and O–H groups in total. The number of imidazole rings is 1. The number of carboxylic acid groups (broad SMARTS) is 1. The van der Waals surface area contributed by atoms with E-state index in [2.05, 4.69) is 35.8 Å². The molecule has 1 heterocycles. The molecular weight excluding hydrogens is 429 g/mol. The SMILES string of the molecule is CC(C)C1c2ccc(F)cc2CCC1(CCN(C)CCCc1nc2ccccc2[nH]1)CC(=O)O. The van der Waals surface area contributed by atoms with Crippen molar-refractivity contribution in [2.45, 2.75) is 58.3 Å². The summed E-state index contributed by atoms with van der Waals surface area (Å²) in [6.45, 7) is 6.09. The molecule has 2 unspecified atom stereocenters. The number of hydrogen-bond donors (Lipinski definition) is 2. The Morgan fingerprint density at radius 2 is 2.06 bits per heavy atom. The lowest BCUT2D eigenvalue weighted by molar-refractivity contribution is -0.141. The van der Waals surface area contributed by atoms with Crippen molar-refractivity contribution in [1.29, 1.82) is 0 Å². The summed E-state index contributed by atoms with van der Waals surface area (Å²) in [5, 5.41) is 9.83. The van der Waals surface area contributed by atoms with Crippen molar-refractivity contribution in [3.05, 3.63) is 65.2 Å². The molecule has 2 atom stereocenters. The minimum Gasteiger partial charge on any atom is -0.481 e. The highest BCUT2D eigenvalue weighted by Crippen LogP contribution is 2.53. The maximum atomic E-state index is 13.9. The molecule has 1 aliphatic carbocycles. The van der Waals surface area contributed by atoms with Gasteiger partial charge in [-0.1, -0.05) is 32.0 Å². The normalized spacial score (nSPS) is 20.2. The van der Waals surface area contributed by atoms with E-state index >= 15 is 0 Å². The first-order chi connectivity index (χ1) is 16.3. The average Bonchev–Trinajstić information content (AvgIpc) is 3.20. The summed E-state index contributed by atoms with van der Waals surface area (Å²) in [5.41, 5.74) is 3.92. The topological polar surface area (TPSA) is 69.2 Å². The number of aryl methyl sites for hydroxylation is 2. The molecule has 0 bridgehead atoms. The summed E-state index contributed by atoms with van der Waals surface area (Å²) in [7, 11) is 2.11. The van der Waals surface area contributed by atoms with Gasteiger partial charge in [-0.25, -0.2) is 9.37 Å². The number of rotatable bonds is 10. The number of hydrogen-bond acceptors (Lipinski definition) is 3. The number of aliphatic carboxylic acids is 1. The van der Waals surface area contributed by atoms with E-state index in [0.29, 0.717) is 0 Å². The van der Waals surface area contributed by atoms with Crippen LogP contribution in [0.4, 0.5) is 4.39 Å². The Bertz CT molecular complexity index is 1110. The molecule has 0 spiro atoms. The fraction of sp³-hybridized carbons (Fsp3) is 0.500. The lowest BCUT2D eigenvalue weighted by Gasteiger charge is -2.47. The van der Waals surface area contributed by atoms with Crippen LogP contribution in [0.25, 0.3) is 11.0 Å². The van der Waals surface area contributed by atoms with Gasteiger partial charge in [0, 0.05) is 6.42 Å². The summed E-state index contributed by atoms with van der Waals surface area (Å²) in [4.78, 5) is 22.3. The highest BCUT2D eigenvalue weighted by molar-refractivity contribution is 5.74. The molecule has 0 aliphatic heterocycles. The molecule has 0 amide bonds. The molecule has 0 fully saturated rings. The van der Waals surface area contributed by atoms with E-state index in [1.165, 1.54) is 6.07 Å². The van der Waals surface area contributed by atoms with Gasteiger partial charge in [-0.15, -0.1) is 0 Å². The second kappa shape index (κ2) is 10.3. The molecule has 0 saturated carbocycles. The number of H-pyrrole nitrogens is 1. The first-order valence-corrected chi connectivity index (χ1v) is 12.4. The van der Waals surface area contributed by atoms with Gasteiger partial charge in [-0.3, -0.25) is 4.79 Å². The third-order valence-electron chi connectivity index (χ3n) is 7.55. The van der Waals surface area contributed by atoms with Crippen molar-refractivity contribution >= 4 is 17.0 Å². The van der Waals surface area contributed by atoms with E-state index in [0.717, 1.165) is 73.2 Å². The third kappa shape index (κ3) is 5.33. The molecule has 1 aliphatic rings. The van der Waals surface area contributed by atoms with E-state index in [9.17, 15) is 14.3 Å². The predicted molar refractivity (Wildman–Crippen MR) is 134 cm³/mol. The lowest BCUT2D eigenvalue weighted by atomic mass is 9.57. The molecular formula is C28H36FN3O2. The van der Waals surface area contributed by atoms with E-state index in [-0.39, 0.29) is 29.5 Å². The molecule has 6 heteroatoms. The molecule has 182 valence electrons. The van der Waals surface area contributed by atoms with Crippen molar-refractivity contribution in [3.8, 4) is 0 Å². The number of carboxylic acids is 1. The van der Waals surface area contributed by atoms with E-state index in [1.807, 2.05) is 30.3 Å². The Balaban J connectivity index is 1.42. The Labute approximate surface area is 201 Å². The number of para-hydroxylation sites is 2. The smallest absolute Gasteiger partial charge is 0.303 e. The fourth-order valence-electron chi connectivity index (χ4n) is 6.06. The van der Waals surface area contributed by atoms with Gasteiger partial charge in [-0.05, 0) is 98.5 Å². The number of aromatic amines is 1. The van der Waals surface area contributed by atoms with Crippen molar-refractivity contribution in [1.82, 2.24) is 14.9 Å². The second-order valence-corrected chi connectivity index (χ2v) is 10.4. The van der Waals surface area contributed by atoms with Crippen LogP contribution in [0.5, 0.6) is 0 Å². The standard InChI is InChI=1S/C28H36FN3O2/c1-19(2)27-22-11-10-21(29)17-20(22)12-13-28(27,18-26(33)34)14-16-32(3)15-6-9-25-30-23-7-4-5-8-24(23)31-25/h4-5,7-8,10-11,17,19,27H,6,9,12-16,18H2,1-3H3,(H,30,31)(H,33,34). The van der Waals surface area contributed by atoms with Crippen molar-refractivity contribution in [2.75, 3.05) is 20.1 Å². The van der Waals surface area contributed by atoms with Gasteiger partial charge in [0.25, 0.3) is 0 Å². The van der Waals surface area contributed by atoms with Gasteiger partial charge in [0.1, 0.15) is 11.6 Å². The number of aromatic nitrogens is 2. The highest BCUT2D eigenvalue weighted by Gasteiger charge is 2.45. The van der Waals surface area contributed by atoms with Crippen LogP contribution in [0.15, 0.2) is 42.5 Å². The molecule has 34 heavy (non-hydrogen) atoms. The van der Waals surface area contributed by atoms with E-state index in [1.54, 1.807) is 6.07 Å². The Hall–Kier alpha value is -2.73. The maximum absolute atomic E-state index is 13.9. The Morgan fingerprint density at radius 1 is 1.26 bits per heavy atom. The molecule has 4 rings (SSSR count). The molecule has 1 aromatic heterocycles. The summed E-state index contributed by atoms with van der Waals surface area (Å²) in [6.07, 6.45) is 4.36. The molecule has 2 aromatic carbocycles. The van der Waals surface area contributed by atoms with Gasteiger partial charge in [0.05, 0.1) is 17.5 Å². The number of nitrogens with one attached hydrogen (secondary N) is 1. The van der Waals surface area contributed by atoms with Crippen molar-refractivity contribution in [3.63, 3.8) is 0 Å². The number of fused-ring (bicyclic) bond motifs is 2. The number of carbonyl (C=O) groups is 1. The van der Waals surface area contributed by atoms with Crippen LogP contribution in [0.3, 0.4) is 0 Å². The number of halogens is 1. The van der Waals surface area contributed by atoms with Crippen LogP contribution >= 0.6 is 0 Å². The van der Waals surface area contributed by atoms with Gasteiger partial charge >= 0.3 is 5.97 Å². The zero-order chi connectivity index (χ0) is 24.3. The van der Waals surface area contributed by atoms with Crippen LogP contribution in [0.1, 0.15) is 62.4 Å². The van der Waals surface area contributed by atoms with Crippen LogP contribution < -0.4 is 0 Å². The summed E-state index contributed by atoms with van der Waals surface area (Å²) in [5.74, 6) is 0.437. The summed E-state index contributed by atoms with van der Waals surface area (Å²) in [6, 6.07) is 13.1. The number of benzene rings is 2. The lowest BCUT2D eigenvalue weighted by Crippen LogP contribution is -2.41. The van der Waals surface area contributed by atoms with E-state index in [4.69, 9.17) is 0 Å². The van der Waals surface area contributed by atoms with Crippen LogP contribution in [-0.4, -0.2) is 46.1 Å². The molecule has 0 radical (unpaired) electrons. The summed E-state index contributed by atoms with van der Waals surface area (Å²) >= 11 is 0. The zero-order valence-corrected chi connectivity index (χ0v) is 20.5. The molecule has 5 nitrogen and oxygen atoms in total. The minimum absolute atomic E-state index is 0.108. The second-order valence-electron chi connectivity index (χ2n) is 10.4. The van der Waals surface area contributed by atoms with Gasteiger partial charge in [0.15, 0.2) is 0 Å². The molecule has 0 saturated heterocycles. The first kappa shape index (κ1) is 24.4. The zero-order valence-electron chi connectivity index (χ0n) is 20.5.